The summed E-state index contributed by atoms with van der Waals surface area (Å²) in [5.74, 6) is 1.70. The zero-order valence-corrected chi connectivity index (χ0v) is 10.8. The van der Waals surface area contributed by atoms with Crippen molar-refractivity contribution in [1.82, 2.24) is 0 Å². The Morgan fingerprint density at radius 1 is 1.24 bits per heavy atom. The van der Waals surface area contributed by atoms with E-state index in [-0.39, 0.29) is 6.61 Å². The SMILES string of the molecule is Cc1ccc(OC2CCC(C)CC2)c(CO)c1. The molecule has 0 heterocycles. The zero-order valence-electron chi connectivity index (χ0n) is 10.8. The fourth-order valence-corrected chi connectivity index (χ4v) is 2.47. The van der Waals surface area contributed by atoms with Crippen LogP contribution in [0.5, 0.6) is 5.75 Å². The fraction of sp³-hybridized carbons (Fsp3) is 0.600. The van der Waals surface area contributed by atoms with Gasteiger partial charge >= 0.3 is 0 Å². The van der Waals surface area contributed by atoms with Crippen molar-refractivity contribution >= 4 is 0 Å². The highest BCUT2D eigenvalue weighted by molar-refractivity contribution is 5.36. The normalized spacial score (nSPS) is 24.6. The van der Waals surface area contributed by atoms with Gasteiger partial charge in [0.05, 0.1) is 12.7 Å². The Morgan fingerprint density at radius 2 is 1.94 bits per heavy atom. The minimum absolute atomic E-state index is 0.0557. The molecule has 1 aliphatic carbocycles. The van der Waals surface area contributed by atoms with Crippen molar-refractivity contribution in [2.45, 2.75) is 52.2 Å². The molecule has 1 aromatic carbocycles. The lowest BCUT2D eigenvalue weighted by Gasteiger charge is -2.27. The third-order valence-corrected chi connectivity index (χ3v) is 3.64. The molecule has 0 spiro atoms. The molecule has 1 fully saturated rings. The fourth-order valence-electron chi connectivity index (χ4n) is 2.47. The second kappa shape index (κ2) is 5.54. The molecule has 0 saturated heterocycles. The molecule has 0 radical (unpaired) electrons. The van der Waals surface area contributed by atoms with Crippen LogP contribution >= 0.6 is 0 Å². The molecule has 0 bridgehead atoms. The van der Waals surface area contributed by atoms with Gasteiger partial charge in [0.25, 0.3) is 0 Å². The van der Waals surface area contributed by atoms with Crippen molar-refractivity contribution in [1.29, 1.82) is 0 Å². The van der Waals surface area contributed by atoms with E-state index in [2.05, 4.69) is 6.92 Å². The van der Waals surface area contributed by atoms with Crippen LogP contribution in [0, 0.1) is 12.8 Å². The highest BCUT2D eigenvalue weighted by Gasteiger charge is 2.20. The van der Waals surface area contributed by atoms with Gasteiger partial charge in [0.1, 0.15) is 5.75 Å². The monoisotopic (exact) mass is 234 g/mol. The van der Waals surface area contributed by atoms with E-state index in [4.69, 9.17) is 4.74 Å². The number of aliphatic hydroxyl groups excluding tert-OH is 1. The average Bonchev–Trinajstić information content (AvgIpc) is 2.34. The summed E-state index contributed by atoms with van der Waals surface area (Å²) in [7, 11) is 0. The third kappa shape index (κ3) is 3.22. The van der Waals surface area contributed by atoms with E-state index in [1.54, 1.807) is 0 Å². The van der Waals surface area contributed by atoms with Gasteiger partial charge in [0, 0.05) is 5.56 Å². The molecule has 0 amide bonds. The summed E-state index contributed by atoms with van der Waals surface area (Å²) in [4.78, 5) is 0. The molecule has 2 heteroatoms. The van der Waals surface area contributed by atoms with E-state index in [0.29, 0.717) is 6.10 Å². The number of hydrogen-bond donors (Lipinski definition) is 1. The van der Waals surface area contributed by atoms with Crippen LogP contribution in [0.15, 0.2) is 18.2 Å². The van der Waals surface area contributed by atoms with Gasteiger partial charge in [-0.25, -0.2) is 0 Å². The van der Waals surface area contributed by atoms with Crippen molar-refractivity contribution in [3.8, 4) is 5.75 Å². The van der Waals surface area contributed by atoms with Crippen molar-refractivity contribution in [2.75, 3.05) is 0 Å². The average molecular weight is 234 g/mol. The lowest BCUT2D eigenvalue weighted by Crippen LogP contribution is -2.23. The van der Waals surface area contributed by atoms with Crippen molar-refractivity contribution < 1.29 is 9.84 Å². The first-order valence-corrected chi connectivity index (χ1v) is 6.56. The molecule has 0 atom stereocenters. The van der Waals surface area contributed by atoms with Crippen molar-refractivity contribution in [2.24, 2.45) is 5.92 Å². The zero-order chi connectivity index (χ0) is 12.3. The molecule has 0 unspecified atom stereocenters. The summed E-state index contributed by atoms with van der Waals surface area (Å²) < 4.78 is 6.02. The molecule has 1 aliphatic rings. The Labute approximate surface area is 104 Å². The van der Waals surface area contributed by atoms with Crippen LogP contribution in [0.4, 0.5) is 0 Å². The molecule has 94 valence electrons. The summed E-state index contributed by atoms with van der Waals surface area (Å²) in [6, 6.07) is 6.03. The van der Waals surface area contributed by atoms with Crippen LogP contribution in [0.25, 0.3) is 0 Å². The smallest absolute Gasteiger partial charge is 0.125 e. The number of rotatable bonds is 3. The minimum Gasteiger partial charge on any atom is -0.490 e. The Bertz CT molecular complexity index is 365. The first kappa shape index (κ1) is 12.4. The molecule has 0 aliphatic heterocycles. The number of aliphatic hydroxyl groups is 1. The first-order chi connectivity index (χ1) is 8.19. The first-order valence-electron chi connectivity index (χ1n) is 6.56. The Hall–Kier alpha value is -1.02. The van der Waals surface area contributed by atoms with Gasteiger partial charge in [0.2, 0.25) is 0 Å². The molecular formula is C15H22O2. The molecule has 1 aromatic rings. The predicted octanol–water partition coefficient (Wildman–Crippen LogP) is 3.44. The van der Waals surface area contributed by atoms with Gasteiger partial charge in [-0.05, 0) is 44.6 Å². The molecule has 2 rings (SSSR count). The minimum atomic E-state index is 0.0557. The van der Waals surface area contributed by atoms with E-state index in [1.807, 2.05) is 25.1 Å². The number of ether oxygens (including phenoxy) is 1. The van der Waals surface area contributed by atoms with Crippen molar-refractivity contribution in [3.05, 3.63) is 29.3 Å². The molecule has 1 N–H and O–H groups in total. The van der Waals surface area contributed by atoms with Gasteiger partial charge in [-0.2, -0.15) is 0 Å². The van der Waals surface area contributed by atoms with E-state index >= 15 is 0 Å². The van der Waals surface area contributed by atoms with Crippen LogP contribution in [0.1, 0.15) is 43.7 Å². The van der Waals surface area contributed by atoms with Gasteiger partial charge in [-0.3, -0.25) is 0 Å². The molecular weight excluding hydrogens is 212 g/mol. The molecule has 17 heavy (non-hydrogen) atoms. The van der Waals surface area contributed by atoms with Crippen LogP contribution in [-0.2, 0) is 6.61 Å². The lowest BCUT2D eigenvalue weighted by molar-refractivity contribution is 0.131. The Morgan fingerprint density at radius 3 is 2.59 bits per heavy atom. The van der Waals surface area contributed by atoms with Gasteiger partial charge in [0.15, 0.2) is 0 Å². The van der Waals surface area contributed by atoms with Gasteiger partial charge < -0.3 is 9.84 Å². The molecule has 0 aromatic heterocycles. The van der Waals surface area contributed by atoms with Gasteiger partial charge in [-0.15, -0.1) is 0 Å². The Balaban J connectivity index is 2.03. The summed E-state index contributed by atoms with van der Waals surface area (Å²) in [6.07, 6.45) is 5.12. The molecule has 2 nitrogen and oxygen atoms in total. The highest BCUT2D eigenvalue weighted by atomic mass is 16.5. The van der Waals surface area contributed by atoms with Crippen LogP contribution < -0.4 is 4.74 Å². The Kier molecular flexibility index (Phi) is 4.06. The highest BCUT2D eigenvalue weighted by Crippen LogP contribution is 2.29. The topological polar surface area (TPSA) is 29.5 Å². The number of aryl methyl sites for hydroxylation is 1. The predicted molar refractivity (Wildman–Crippen MR) is 69.1 cm³/mol. The maximum absolute atomic E-state index is 9.33. The standard InChI is InChI=1S/C15H22O2/c1-11-3-6-14(7-4-11)17-15-8-5-12(2)9-13(15)10-16/h5,8-9,11,14,16H,3-4,6-7,10H2,1-2H3. The second-order valence-corrected chi connectivity index (χ2v) is 5.27. The third-order valence-electron chi connectivity index (χ3n) is 3.64. The van der Waals surface area contributed by atoms with Crippen LogP contribution in [-0.4, -0.2) is 11.2 Å². The summed E-state index contributed by atoms with van der Waals surface area (Å²) in [5.41, 5.74) is 2.07. The maximum atomic E-state index is 9.33. The van der Waals surface area contributed by atoms with Gasteiger partial charge in [-0.1, -0.05) is 24.6 Å². The maximum Gasteiger partial charge on any atom is 0.125 e. The lowest BCUT2D eigenvalue weighted by atomic mass is 9.89. The van der Waals surface area contributed by atoms with E-state index in [9.17, 15) is 5.11 Å². The summed E-state index contributed by atoms with van der Waals surface area (Å²) in [5, 5.41) is 9.33. The van der Waals surface area contributed by atoms with E-state index in [0.717, 1.165) is 30.1 Å². The van der Waals surface area contributed by atoms with E-state index in [1.165, 1.54) is 18.4 Å². The second-order valence-electron chi connectivity index (χ2n) is 5.27. The quantitative estimate of drug-likeness (QED) is 0.868. The van der Waals surface area contributed by atoms with Crippen molar-refractivity contribution in [3.63, 3.8) is 0 Å². The largest absolute Gasteiger partial charge is 0.490 e. The van der Waals surface area contributed by atoms with Crippen LogP contribution in [0.3, 0.4) is 0 Å². The number of hydrogen-bond acceptors (Lipinski definition) is 2. The summed E-state index contributed by atoms with van der Waals surface area (Å²) in [6.45, 7) is 4.40. The van der Waals surface area contributed by atoms with Crippen LogP contribution in [0.2, 0.25) is 0 Å². The number of benzene rings is 1. The summed E-state index contributed by atoms with van der Waals surface area (Å²) >= 11 is 0. The molecule has 1 saturated carbocycles. The van der Waals surface area contributed by atoms with E-state index < -0.39 is 0 Å².